The molecule has 3 nitrogen and oxygen atoms in total. The third-order valence-corrected chi connectivity index (χ3v) is 4.62. The Kier molecular flexibility index (Phi) is 4.35. The highest BCUT2D eigenvalue weighted by atomic mass is 35.5. The molecular weight excluding hydrogens is 260 g/mol. The Morgan fingerprint density at radius 1 is 1.47 bits per heavy atom. The van der Waals surface area contributed by atoms with Gasteiger partial charge in [-0.2, -0.15) is 0 Å². The highest BCUT2D eigenvalue weighted by Crippen LogP contribution is 2.34. The van der Waals surface area contributed by atoms with Gasteiger partial charge < -0.3 is 11.1 Å². The normalized spacial score (nSPS) is 26.4. The van der Waals surface area contributed by atoms with E-state index < -0.39 is 0 Å². The van der Waals surface area contributed by atoms with Crippen molar-refractivity contribution in [3.63, 3.8) is 0 Å². The number of nitrogen functional groups attached to an aromatic ring is 1. The summed E-state index contributed by atoms with van der Waals surface area (Å²) < 4.78 is 0. The highest BCUT2D eigenvalue weighted by molar-refractivity contribution is 6.34. The summed E-state index contributed by atoms with van der Waals surface area (Å²) in [5.74, 6) is 1.15. The molecule has 1 aromatic carbocycles. The standard InChI is InChI=1S/C15H21ClN2O/c1-3-10-4-7-14(9(10)2)18-15(19)12-6-5-11(17)8-13(12)16/h5-6,8-10,14H,3-4,7,17H2,1-2H3,(H,18,19). The molecule has 0 spiro atoms. The average molecular weight is 281 g/mol. The van der Waals surface area contributed by atoms with Gasteiger partial charge in [0.05, 0.1) is 10.6 Å². The van der Waals surface area contributed by atoms with Gasteiger partial charge in [-0.15, -0.1) is 0 Å². The van der Waals surface area contributed by atoms with Crippen LogP contribution in [0.25, 0.3) is 0 Å². The maximum atomic E-state index is 12.2. The summed E-state index contributed by atoms with van der Waals surface area (Å²) in [6.07, 6.45) is 3.42. The summed E-state index contributed by atoms with van der Waals surface area (Å²) in [5.41, 5.74) is 6.71. The zero-order valence-corrected chi connectivity index (χ0v) is 12.2. The summed E-state index contributed by atoms with van der Waals surface area (Å²) >= 11 is 6.06. The Balaban J connectivity index is 2.05. The molecule has 104 valence electrons. The second-order valence-electron chi connectivity index (χ2n) is 5.42. The van der Waals surface area contributed by atoms with Crippen LogP contribution in [-0.2, 0) is 0 Å². The molecule has 3 atom stereocenters. The Bertz CT molecular complexity index is 475. The first kappa shape index (κ1) is 14.2. The van der Waals surface area contributed by atoms with Crippen LogP contribution in [0.5, 0.6) is 0 Å². The molecule has 1 amide bonds. The summed E-state index contributed by atoms with van der Waals surface area (Å²) in [6, 6.07) is 5.26. The van der Waals surface area contributed by atoms with Gasteiger partial charge in [0.25, 0.3) is 5.91 Å². The third-order valence-electron chi connectivity index (χ3n) is 4.31. The first-order chi connectivity index (χ1) is 9.02. The van der Waals surface area contributed by atoms with Crippen LogP contribution in [0.4, 0.5) is 5.69 Å². The number of rotatable bonds is 3. The minimum absolute atomic E-state index is 0.0985. The van der Waals surface area contributed by atoms with Crippen LogP contribution < -0.4 is 11.1 Å². The molecule has 3 unspecified atom stereocenters. The van der Waals surface area contributed by atoms with Gasteiger partial charge >= 0.3 is 0 Å². The van der Waals surface area contributed by atoms with Crippen molar-refractivity contribution in [1.82, 2.24) is 5.32 Å². The third kappa shape index (κ3) is 3.03. The van der Waals surface area contributed by atoms with Crippen molar-refractivity contribution in [3.8, 4) is 0 Å². The fraction of sp³-hybridized carbons (Fsp3) is 0.533. The van der Waals surface area contributed by atoms with E-state index in [1.165, 1.54) is 12.8 Å². The number of halogens is 1. The number of anilines is 1. The fourth-order valence-corrected chi connectivity index (χ4v) is 3.26. The zero-order chi connectivity index (χ0) is 14.0. The van der Waals surface area contributed by atoms with Crippen molar-refractivity contribution in [2.45, 2.75) is 39.2 Å². The lowest BCUT2D eigenvalue weighted by molar-refractivity contribution is 0.0927. The number of nitrogens with one attached hydrogen (secondary N) is 1. The number of carbonyl (C=O) groups is 1. The van der Waals surface area contributed by atoms with E-state index in [0.29, 0.717) is 28.1 Å². The summed E-state index contributed by atoms with van der Waals surface area (Å²) in [7, 11) is 0. The van der Waals surface area contributed by atoms with Crippen molar-refractivity contribution >= 4 is 23.2 Å². The molecule has 0 saturated heterocycles. The van der Waals surface area contributed by atoms with E-state index in [1.807, 2.05) is 0 Å². The smallest absolute Gasteiger partial charge is 0.253 e. The molecule has 0 aliphatic heterocycles. The van der Waals surface area contributed by atoms with E-state index in [-0.39, 0.29) is 11.9 Å². The number of hydrogen-bond donors (Lipinski definition) is 2. The Hall–Kier alpha value is -1.22. The van der Waals surface area contributed by atoms with Crippen LogP contribution in [-0.4, -0.2) is 11.9 Å². The van der Waals surface area contributed by atoms with E-state index in [2.05, 4.69) is 19.2 Å². The molecule has 4 heteroatoms. The molecule has 0 radical (unpaired) electrons. The summed E-state index contributed by atoms with van der Waals surface area (Å²) in [5, 5.41) is 3.52. The first-order valence-electron chi connectivity index (χ1n) is 6.88. The number of hydrogen-bond acceptors (Lipinski definition) is 2. The van der Waals surface area contributed by atoms with Crippen molar-refractivity contribution in [2.24, 2.45) is 11.8 Å². The van der Waals surface area contributed by atoms with Gasteiger partial charge in [0, 0.05) is 11.7 Å². The fourth-order valence-electron chi connectivity index (χ4n) is 2.99. The van der Waals surface area contributed by atoms with E-state index >= 15 is 0 Å². The Morgan fingerprint density at radius 3 is 2.79 bits per heavy atom. The van der Waals surface area contributed by atoms with Crippen molar-refractivity contribution in [2.75, 3.05) is 5.73 Å². The second-order valence-corrected chi connectivity index (χ2v) is 5.83. The predicted octanol–water partition coefficient (Wildman–Crippen LogP) is 3.48. The predicted molar refractivity (Wildman–Crippen MR) is 79.3 cm³/mol. The average Bonchev–Trinajstić information content (AvgIpc) is 2.70. The molecule has 1 saturated carbocycles. The summed E-state index contributed by atoms with van der Waals surface area (Å²) in [4.78, 5) is 12.2. The Labute approximate surface area is 119 Å². The number of nitrogens with two attached hydrogens (primary N) is 1. The van der Waals surface area contributed by atoms with E-state index in [0.717, 1.165) is 6.42 Å². The van der Waals surface area contributed by atoms with Crippen molar-refractivity contribution < 1.29 is 4.79 Å². The molecule has 0 bridgehead atoms. The van der Waals surface area contributed by atoms with Crippen LogP contribution in [0.2, 0.25) is 5.02 Å². The lowest BCUT2D eigenvalue weighted by atomic mass is 9.93. The van der Waals surface area contributed by atoms with Gasteiger partial charge in [0.1, 0.15) is 0 Å². The first-order valence-corrected chi connectivity index (χ1v) is 7.26. The minimum Gasteiger partial charge on any atom is -0.399 e. The molecule has 19 heavy (non-hydrogen) atoms. The lowest BCUT2D eigenvalue weighted by Crippen LogP contribution is -2.37. The highest BCUT2D eigenvalue weighted by Gasteiger charge is 2.32. The van der Waals surface area contributed by atoms with Gasteiger partial charge in [-0.3, -0.25) is 4.79 Å². The molecule has 3 N–H and O–H groups in total. The van der Waals surface area contributed by atoms with Gasteiger partial charge in [0.2, 0.25) is 0 Å². The molecule has 0 aromatic heterocycles. The van der Waals surface area contributed by atoms with Gasteiger partial charge in [-0.05, 0) is 42.9 Å². The van der Waals surface area contributed by atoms with E-state index in [1.54, 1.807) is 18.2 Å². The Morgan fingerprint density at radius 2 is 2.21 bits per heavy atom. The van der Waals surface area contributed by atoms with Crippen LogP contribution in [0.1, 0.15) is 43.5 Å². The minimum atomic E-state index is -0.0985. The van der Waals surface area contributed by atoms with Crippen molar-refractivity contribution in [3.05, 3.63) is 28.8 Å². The lowest BCUT2D eigenvalue weighted by Gasteiger charge is -2.21. The quantitative estimate of drug-likeness (QED) is 0.833. The van der Waals surface area contributed by atoms with Crippen molar-refractivity contribution in [1.29, 1.82) is 0 Å². The van der Waals surface area contributed by atoms with Crippen LogP contribution in [0, 0.1) is 11.8 Å². The van der Waals surface area contributed by atoms with E-state index in [4.69, 9.17) is 17.3 Å². The van der Waals surface area contributed by atoms with Gasteiger partial charge in [0.15, 0.2) is 0 Å². The molecule has 2 rings (SSSR count). The molecule has 0 heterocycles. The zero-order valence-electron chi connectivity index (χ0n) is 11.4. The van der Waals surface area contributed by atoms with Gasteiger partial charge in [-0.25, -0.2) is 0 Å². The topological polar surface area (TPSA) is 55.1 Å². The molecule has 1 aliphatic carbocycles. The number of amides is 1. The monoisotopic (exact) mass is 280 g/mol. The maximum Gasteiger partial charge on any atom is 0.253 e. The molecule has 1 aromatic rings. The number of carbonyl (C=O) groups excluding carboxylic acids is 1. The van der Waals surface area contributed by atoms with Crippen LogP contribution in [0.15, 0.2) is 18.2 Å². The van der Waals surface area contributed by atoms with Crippen LogP contribution >= 0.6 is 11.6 Å². The number of benzene rings is 1. The van der Waals surface area contributed by atoms with Gasteiger partial charge in [-0.1, -0.05) is 31.9 Å². The maximum absolute atomic E-state index is 12.2. The molecule has 1 fully saturated rings. The molecular formula is C15H21ClN2O. The van der Waals surface area contributed by atoms with Crippen LogP contribution in [0.3, 0.4) is 0 Å². The van der Waals surface area contributed by atoms with E-state index in [9.17, 15) is 4.79 Å². The second kappa shape index (κ2) is 5.83. The summed E-state index contributed by atoms with van der Waals surface area (Å²) in [6.45, 7) is 4.43. The SMILES string of the molecule is CCC1CCC(NC(=O)c2ccc(N)cc2Cl)C1C. The largest absolute Gasteiger partial charge is 0.399 e. The molecule has 1 aliphatic rings.